The van der Waals surface area contributed by atoms with Gasteiger partial charge in [-0.1, -0.05) is 29.8 Å². The van der Waals surface area contributed by atoms with Crippen LogP contribution < -0.4 is 4.74 Å². The molecule has 0 saturated carbocycles. The van der Waals surface area contributed by atoms with Gasteiger partial charge in [0.2, 0.25) is 11.7 Å². The van der Waals surface area contributed by atoms with Crippen molar-refractivity contribution in [1.29, 1.82) is 0 Å². The summed E-state index contributed by atoms with van der Waals surface area (Å²) in [4.78, 5) is 13.3. The summed E-state index contributed by atoms with van der Waals surface area (Å²) < 4.78 is 12.3. The van der Waals surface area contributed by atoms with E-state index in [9.17, 15) is 4.79 Å². The summed E-state index contributed by atoms with van der Waals surface area (Å²) in [5.41, 5.74) is 3.28. The number of rotatable bonds is 1. The lowest BCUT2D eigenvalue weighted by atomic mass is 9.99. The first-order chi connectivity index (χ1) is 12.0. The molecule has 0 bridgehead atoms. The molecule has 1 fully saturated rings. The zero-order valence-electron chi connectivity index (χ0n) is 14.1. The maximum Gasteiger partial charge on any atom is 0.219 e. The van der Waals surface area contributed by atoms with Crippen molar-refractivity contribution in [3.63, 3.8) is 0 Å². The Kier molecular flexibility index (Phi) is 4.18. The minimum absolute atomic E-state index is 0.110. The third-order valence-corrected chi connectivity index (χ3v) is 5.25. The molecule has 0 aromatic heterocycles. The van der Waals surface area contributed by atoms with Crippen LogP contribution in [0.4, 0.5) is 0 Å². The highest BCUT2D eigenvalue weighted by atomic mass is 35.5. The van der Waals surface area contributed by atoms with Gasteiger partial charge in [0.05, 0.1) is 6.61 Å². The fraction of sp³-hybridized carbons (Fsp3) is 0.350. The first-order valence-electron chi connectivity index (χ1n) is 8.52. The summed E-state index contributed by atoms with van der Waals surface area (Å²) in [6, 6.07) is 14.0. The van der Waals surface area contributed by atoms with E-state index in [1.165, 1.54) is 0 Å². The zero-order chi connectivity index (χ0) is 17.4. The van der Waals surface area contributed by atoms with Crippen LogP contribution in [-0.4, -0.2) is 29.7 Å². The average Bonchev–Trinajstić information content (AvgIpc) is 2.62. The number of benzene rings is 2. The van der Waals surface area contributed by atoms with Gasteiger partial charge in [0, 0.05) is 43.4 Å². The van der Waals surface area contributed by atoms with Crippen LogP contribution in [0.2, 0.25) is 5.02 Å². The van der Waals surface area contributed by atoms with Gasteiger partial charge in [-0.25, -0.2) is 0 Å². The Morgan fingerprint density at radius 1 is 1.08 bits per heavy atom. The van der Waals surface area contributed by atoms with Crippen molar-refractivity contribution in [3.8, 4) is 16.9 Å². The summed E-state index contributed by atoms with van der Waals surface area (Å²) >= 11 is 5.96. The molecule has 4 rings (SSSR count). The Hall–Kier alpha value is -2.04. The molecule has 2 aliphatic heterocycles. The lowest BCUT2D eigenvalue weighted by molar-refractivity contribution is -0.227. The molecule has 2 aliphatic rings. The lowest BCUT2D eigenvalue weighted by Crippen LogP contribution is -2.52. The van der Waals surface area contributed by atoms with Crippen LogP contribution in [0.3, 0.4) is 0 Å². The molecule has 0 radical (unpaired) electrons. The van der Waals surface area contributed by atoms with Gasteiger partial charge >= 0.3 is 0 Å². The number of likely N-dealkylation sites (tertiary alicyclic amines) is 1. The van der Waals surface area contributed by atoms with E-state index in [1.54, 1.807) is 6.92 Å². The first kappa shape index (κ1) is 16.4. The van der Waals surface area contributed by atoms with E-state index in [1.807, 2.05) is 35.2 Å². The normalized spacial score (nSPS) is 18.6. The van der Waals surface area contributed by atoms with Crippen LogP contribution in [0, 0.1) is 0 Å². The molecule has 1 amide bonds. The van der Waals surface area contributed by atoms with Gasteiger partial charge in [-0.3, -0.25) is 4.79 Å². The predicted octanol–water partition coefficient (Wildman–Crippen LogP) is 4.25. The Labute approximate surface area is 152 Å². The molecule has 0 aliphatic carbocycles. The summed E-state index contributed by atoms with van der Waals surface area (Å²) in [6.07, 6.45) is 1.40. The van der Waals surface area contributed by atoms with E-state index in [-0.39, 0.29) is 5.91 Å². The smallest absolute Gasteiger partial charge is 0.219 e. The Morgan fingerprint density at radius 3 is 2.44 bits per heavy atom. The van der Waals surface area contributed by atoms with Crippen molar-refractivity contribution >= 4 is 17.5 Å². The highest BCUT2D eigenvalue weighted by Gasteiger charge is 2.41. The fourth-order valence-corrected chi connectivity index (χ4v) is 3.59. The highest BCUT2D eigenvalue weighted by Crippen LogP contribution is 2.39. The quantitative estimate of drug-likeness (QED) is 0.765. The third-order valence-electron chi connectivity index (χ3n) is 5.00. The Balaban J connectivity index is 1.53. The lowest BCUT2D eigenvalue weighted by Gasteiger charge is -2.43. The largest absolute Gasteiger partial charge is 0.462 e. The van der Waals surface area contributed by atoms with Crippen LogP contribution in [-0.2, 0) is 16.1 Å². The monoisotopic (exact) mass is 357 g/mol. The van der Waals surface area contributed by atoms with E-state index in [4.69, 9.17) is 21.1 Å². The predicted molar refractivity (Wildman–Crippen MR) is 96.5 cm³/mol. The molecule has 2 heterocycles. The minimum atomic E-state index is -0.596. The number of halogens is 1. The van der Waals surface area contributed by atoms with Crippen LogP contribution in [0.1, 0.15) is 25.3 Å². The Morgan fingerprint density at radius 2 is 1.76 bits per heavy atom. The second-order valence-corrected chi connectivity index (χ2v) is 7.07. The summed E-state index contributed by atoms with van der Waals surface area (Å²) in [7, 11) is 0. The molecular formula is C20H20ClNO3. The van der Waals surface area contributed by atoms with Gasteiger partial charge in [-0.05, 0) is 35.4 Å². The third kappa shape index (κ3) is 3.24. The SMILES string of the molecule is CC(=O)N1CCC2(CC1)OCc1cc(-c3ccc(Cl)cc3)ccc1O2. The van der Waals surface area contributed by atoms with Crippen molar-refractivity contribution in [2.75, 3.05) is 13.1 Å². The van der Waals surface area contributed by atoms with Crippen molar-refractivity contribution in [2.45, 2.75) is 32.2 Å². The summed E-state index contributed by atoms with van der Waals surface area (Å²) in [6.45, 7) is 3.48. The van der Waals surface area contributed by atoms with Gasteiger partial charge in [0.1, 0.15) is 5.75 Å². The van der Waals surface area contributed by atoms with Crippen LogP contribution in [0.15, 0.2) is 42.5 Å². The fourth-order valence-electron chi connectivity index (χ4n) is 3.46. The number of carbonyl (C=O) groups is 1. The highest BCUT2D eigenvalue weighted by molar-refractivity contribution is 6.30. The van der Waals surface area contributed by atoms with Crippen LogP contribution in [0.5, 0.6) is 5.75 Å². The first-order valence-corrected chi connectivity index (χ1v) is 8.90. The van der Waals surface area contributed by atoms with Gasteiger partial charge in [-0.2, -0.15) is 0 Å². The number of hydrogen-bond acceptors (Lipinski definition) is 3. The number of piperidine rings is 1. The molecule has 0 unspecified atom stereocenters. The van der Waals surface area contributed by atoms with Crippen molar-refractivity contribution in [3.05, 3.63) is 53.1 Å². The van der Waals surface area contributed by atoms with Gasteiger partial charge in [0.25, 0.3) is 0 Å². The molecule has 5 heteroatoms. The van der Waals surface area contributed by atoms with E-state index >= 15 is 0 Å². The van der Waals surface area contributed by atoms with Gasteiger partial charge in [-0.15, -0.1) is 0 Å². The number of amides is 1. The standard InChI is InChI=1S/C20H20ClNO3/c1-14(23)22-10-8-20(9-11-22)24-13-17-12-16(4-7-19(17)25-20)15-2-5-18(21)6-3-15/h2-7,12H,8-11,13H2,1H3. The molecule has 0 atom stereocenters. The summed E-state index contributed by atoms with van der Waals surface area (Å²) in [5.74, 6) is 0.389. The summed E-state index contributed by atoms with van der Waals surface area (Å²) in [5, 5.41) is 0.729. The van der Waals surface area contributed by atoms with Crippen molar-refractivity contribution in [2.24, 2.45) is 0 Å². The second kappa shape index (κ2) is 6.36. The molecular weight excluding hydrogens is 338 g/mol. The average molecular weight is 358 g/mol. The van der Waals surface area contributed by atoms with E-state index in [0.717, 1.165) is 27.5 Å². The molecule has 1 spiro atoms. The maximum atomic E-state index is 11.5. The molecule has 2 aromatic rings. The molecule has 25 heavy (non-hydrogen) atoms. The van der Waals surface area contributed by atoms with E-state index in [2.05, 4.69) is 12.1 Å². The zero-order valence-corrected chi connectivity index (χ0v) is 14.9. The molecule has 130 valence electrons. The second-order valence-electron chi connectivity index (χ2n) is 6.64. The van der Waals surface area contributed by atoms with Crippen molar-refractivity contribution in [1.82, 2.24) is 4.90 Å². The molecule has 0 N–H and O–H groups in total. The van der Waals surface area contributed by atoms with Crippen molar-refractivity contribution < 1.29 is 14.3 Å². The topological polar surface area (TPSA) is 38.8 Å². The number of nitrogens with zero attached hydrogens (tertiary/aromatic N) is 1. The Bertz CT molecular complexity index is 795. The number of carbonyl (C=O) groups excluding carboxylic acids is 1. The number of ether oxygens (including phenoxy) is 2. The molecule has 1 saturated heterocycles. The van der Waals surface area contributed by atoms with Crippen LogP contribution >= 0.6 is 11.6 Å². The van der Waals surface area contributed by atoms with E-state index < -0.39 is 5.79 Å². The number of hydrogen-bond donors (Lipinski definition) is 0. The van der Waals surface area contributed by atoms with E-state index in [0.29, 0.717) is 32.5 Å². The van der Waals surface area contributed by atoms with Gasteiger partial charge in [0.15, 0.2) is 0 Å². The molecule has 2 aromatic carbocycles. The van der Waals surface area contributed by atoms with Gasteiger partial charge < -0.3 is 14.4 Å². The molecule has 4 nitrogen and oxygen atoms in total. The van der Waals surface area contributed by atoms with Crippen LogP contribution in [0.25, 0.3) is 11.1 Å². The minimum Gasteiger partial charge on any atom is -0.462 e. The number of fused-ring (bicyclic) bond motifs is 1. The maximum absolute atomic E-state index is 11.5.